The Hall–Kier alpha value is -1.30. The number of carbonyl (C=O) groups is 2. The summed E-state index contributed by atoms with van der Waals surface area (Å²) in [6.07, 6.45) is 2.74. The highest BCUT2D eigenvalue weighted by Crippen LogP contribution is 2.10. The third kappa shape index (κ3) is 3.37. The van der Waals surface area contributed by atoms with Crippen molar-refractivity contribution in [3.05, 3.63) is 22.4 Å². The first-order valence-electron chi connectivity index (χ1n) is 4.92. The van der Waals surface area contributed by atoms with Gasteiger partial charge in [0.2, 0.25) is 0 Å². The zero-order valence-electron chi connectivity index (χ0n) is 8.79. The van der Waals surface area contributed by atoms with E-state index in [4.69, 9.17) is 5.11 Å². The van der Waals surface area contributed by atoms with Gasteiger partial charge in [-0.15, -0.1) is 0 Å². The summed E-state index contributed by atoms with van der Waals surface area (Å²) in [5, 5.41) is 11.3. The highest BCUT2D eigenvalue weighted by molar-refractivity contribution is 9.10. The molecule has 0 unspecified atom stereocenters. The molecule has 0 aliphatic carbocycles. The van der Waals surface area contributed by atoms with Crippen LogP contribution in [0.3, 0.4) is 0 Å². The second kappa shape index (κ2) is 5.69. The van der Waals surface area contributed by atoms with Gasteiger partial charge >= 0.3 is 5.97 Å². The fraction of sp³-hybridized carbons (Fsp3) is 0.400. The van der Waals surface area contributed by atoms with Gasteiger partial charge < -0.3 is 15.4 Å². The molecule has 88 valence electrons. The fourth-order valence-corrected chi connectivity index (χ4v) is 1.62. The Labute approximate surface area is 101 Å². The second-order valence-electron chi connectivity index (χ2n) is 3.38. The summed E-state index contributed by atoms with van der Waals surface area (Å²) in [6, 6.07) is 0.764. The van der Waals surface area contributed by atoms with Crippen LogP contribution in [-0.4, -0.2) is 28.0 Å². The number of hydrogen-bond donors (Lipinski definition) is 3. The maximum atomic E-state index is 11.6. The molecule has 0 aliphatic heterocycles. The van der Waals surface area contributed by atoms with Crippen LogP contribution >= 0.6 is 15.9 Å². The number of carboxylic acid groups (broad SMARTS) is 1. The van der Waals surface area contributed by atoms with Crippen molar-refractivity contribution in [2.75, 3.05) is 0 Å². The topological polar surface area (TPSA) is 82.2 Å². The van der Waals surface area contributed by atoms with Gasteiger partial charge in [0.1, 0.15) is 11.7 Å². The zero-order chi connectivity index (χ0) is 12.1. The number of carbonyl (C=O) groups excluding carboxylic acids is 1. The van der Waals surface area contributed by atoms with Crippen LogP contribution in [-0.2, 0) is 4.79 Å². The molecule has 0 bridgehead atoms. The molecule has 1 rings (SSSR count). The van der Waals surface area contributed by atoms with Crippen LogP contribution in [0.4, 0.5) is 0 Å². The minimum absolute atomic E-state index is 0.342. The lowest BCUT2D eigenvalue weighted by molar-refractivity contribution is -0.139. The number of hydrogen-bond acceptors (Lipinski definition) is 2. The third-order valence-corrected chi connectivity index (χ3v) is 2.53. The molecule has 0 spiro atoms. The maximum absolute atomic E-state index is 11.6. The van der Waals surface area contributed by atoms with Gasteiger partial charge in [-0.25, -0.2) is 4.79 Å². The number of amides is 1. The molecule has 16 heavy (non-hydrogen) atoms. The van der Waals surface area contributed by atoms with Crippen molar-refractivity contribution >= 4 is 27.8 Å². The van der Waals surface area contributed by atoms with Crippen molar-refractivity contribution < 1.29 is 14.7 Å². The Balaban J connectivity index is 2.65. The monoisotopic (exact) mass is 288 g/mol. The van der Waals surface area contributed by atoms with Crippen LogP contribution in [0.5, 0.6) is 0 Å². The number of aromatic nitrogens is 1. The SMILES string of the molecule is CCC[C@@H](NC(=O)c1cc(Br)c[nH]1)C(=O)O. The molecule has 0 radical (unpaired) electrons. The molecular formula is C10H13BrN2O3. The zero-order valence-corrected chi connectivity index (χ0v) is 10.4. The van der Waals surface area contributed by atoms with Gasteiger partial charge in [-0.05, 0) is 28.4 Å². The van der Waals surface area contributed by atoms with Crippen molar-refractivity contribution in [1.29, 1.82) is 0 Å². The minimum atomic E-state index is -1.01. The summed E-state index contributed by atoms with van der Waals surface area (Å²) >= 11 is 3.20. The molecule has 0 saturated carbocycles. The molecule has 0 aromatic carbocycles. The molecule has 1 aromatic rings. The number of H-pyrrole nitrogens is 1. The summed E-state index contributed by atoms with van der Waals surface area (Å²) in [6.45, 7) is 1.87. The van der Waals surface area contributed by atoms with E-state index in [0.717, 1.165) is 4.47 Å². The normalized spacial score (nSPS) is 12.1. The largest absolute Gasteiger partial charge is 0.480 e. The molecule has 6 heteroatoms. The lowest BCUT2D eigenvalue weighted by Crippen LogP contribution is -2.40. The van der Waals surface area contributed by atoms with Gasteiger partial charge in [0, 0.05) is 10.7 Å². The molecule has 0 saturated heterocycles. The van der Waals surface area contributed by atoms with Crippen molar-refractivity contribution in [3.8, 4) is 0 Å². The van der Waals surface area contributed by atoms with Crippen LogP contribution in [0.1, 0.15) is 30.3 Å². The first kappa shape index (κ1) is 12.8. The van der Waals surface area contributed by atoms with E-state index in [2.05, 4.69) is 26.2 Å². The van der Waals surface area contributed by atoms with Gasteiger partial charge in [-0.1, -0.05) is 13.3 Å². The van der Waals surface area contributed by atoms with E-state index in [0.29, 0.717) is 18.5 Å². The smallest absolute Gasteiger partial charge is 0.326 e. The number of carboxylic acids is 1. The van der Waals surface area contributed by atoms with Crippen LogP contribution < -0.4 is 5.32 Å². The second-order valence-corrected chi connectivity index (χ2v) is 4.30. The van der Waals surface area contributed by atoms with Crippen LogP contribution in [0.2, 0.25) is 0 Å². The Bertz CT molecular complexity index is 389. The molecular weight excluding hydrogens is 276 g/mol. The van der Waals surface area contributed by atoms with Gasteiger partial charge in [0.25, 0.3) is 5.91 Å². The van der Waals surface area contributed by atoms with Crippen molar-refractivity contribution in [2.45, 2.75) is 25.8 Å². The summed E-state index contributed by atoms with van der Waals surface area (Å²) in [7, 11) is 0. The van der Waals surface area contributed by atoms with E-state index in [1.807, 2.05) is 6.92 Å². The molecule has 1 aromatic heterocycles. The van der Waals surface area contributed by atoms with Gasteiger partial charge in [-0.2, -0.15) is 0 Å². The van der Waals surface area contributed by atoms with Crippen LogP contribution in [0, 0.1) is 0 Å². The molecule has 1 atom stereocenters. The Morgan fingerprint density at radius 3 is 2.75 bits per heavy atom. The summed E-state index contributed by atoms with van der Waals surface area (Å²) in [5.41, 5.74) is 0.342. The summed E-state index contributed by atoms with van der Waals surface area (Å²) in [4.78, 5) is 25.2. The predicted octanol–water partition coefficient (Wildman–Crippen LogP) is 1.76. The highest BCUT2D eigenvalue weighted by Gasteiger charge is 2.20. The first-order chi connectivity index (χ1) is 7.54. The molecule has 3 N–H and O–H groups in total. The lowest BCUT2D eigenvalue weighted by atomic mass is 10.1. The minimum Gasteiger partial charge on any atom is -0.480 e. The van der Waals surface area contributed by atoms with E-state index in [1.54, 1.807) is 12.3 Å². The Morgan fingerprint density at radius 1 is 1.62 bits per heavy atom. The highest BCUT2D eigenvalue weighted by atomic mass is 79.9. The Kier molecular flexibility index (Phi) is 4.54. The van der Waals surface area contributed by atoms with Gasteiger partial charge in [-0.3, -0.25) is 4.79 Å². The molecule has 0 fully saturated rings. The van der Waals surface area contributed by atoms with Crippen LogP contribution in [0.25, 0.3) is 0 Å². The van der Waals surface area contributed by atoms with Crippen LogP contribution in [0.15, 0.2) is 16.7 Å². The standard InChI is InChI=1S/C10H13BrN2O3/c1-2-3-7(10(15)16)13-9(14)8-4-6(11)5-12-8/h4-5,7,12H,2-3H2,1H3,(H,13,14)(H,15,16)/t7-/m1/s1. The van der Waals surface area contributed by atoms with Gasteiger partial charge in [0.15, 0.2) is 0 Å². The number of nitrogens with one attached hydrogen (secondary N) is 2. The average molecular weight is 289 g/mol. The van der Waals surface area contributed by atoms with Crippen molar-refractivity contribution in [3.63, 3.8) is 0 Å². The molecule has 1 amide bonds. The quantitative estimate of drug-likeness (QED) is 0.772. The van der Waals surface area contributed by atoms with E-state index in [-0.39, 0.29) is 0 Å². The number of rotatable bonds is 5. The average Bonchev–Trinajstić information content (AvgIpc) is 2.64. The number of aromatic amines is 1. The van der Waals surface area contributed by atoms with E-state index >= 15 is 0 Å². The molecule has 5 nitrogen and oxygen atoms in total. The van der Waals surface area contributed by atoms with Crippen molar-refractivity contribution in [1.82, 2.24) is 10.3 Å². The molecule has 1 heterocycles. The summed E-state index contributed by atoms with van der Waals surface area (Å²) in [5.74, 6) is -1.42. The predicted molar refractivity (Wildman–Crippen MR) is 62.3 cm³/mol. The summed E-state index contributed by atoms with van der Waals surface area (Å²) < 4.78 is 0.750. The fourth-order valence-electron chi connectivity index (χ4n) is 1.28. The number of halogens is 1. The van der Waals surface area contributed by atoms with Gasteiger partial charge in [0.05, 0.1) is 0 Å². The van der Waals surface area contributed by atoms with E-state index < -0.39 is 17.9 Å². The van der Waals surface area contributed by atoms with E-state index in [9.17, 15) is 9.59 Å². The third-order valence-electron chi connectivity index (χ3n) is 2.07. The maximum Gasteiger partial charge on any atom is 0.326 e. The number of aliphatic carboxylic acids is 1. The lowest BCUT2D eigenvalue weighted by Gasteiger charge is -2.12. The van der Waals surface area contributed by atoms with E-state index in [1.165, 1.54) is 0 Å². The first-order valence-corrected chi connectivity index (χ1v) is 5.71. The Morgan fingerprint density at radius 2 is 2.31 bits per heavy atom. The van der Waals surface area contributed by atoms with Crippen molar-refractivity contribution in [2.24, 2.45) is 0 Å². The molecule has 0 aliphatic rings.